The van der Waals surface area contributed by atoms with Crippen LogP contribution in [-0.4, -0.2) is 28.9 Å². The van der Waals surface area contributed by atoms with Crippen LogP contribution >= 0.6 is 0 Å². The topological polar surface area (TPSA) is 33.1 Å². The maximum absolute atomic E-state index is 4.67. The molecule has 2 heterocycles. The molecule has 0 spiro atoms. The molecule has 1 aromatic rings. The summed E-state index contributed by atoms with van der Waals surface area (Å²) in [5.41, 5.74) is 2.61. The van der Waals surface area contributed by atoms with E-state index in [9.17, 15) is 0 Å². The molecule has 0 unspecified atom stereocenters. The summed E-state index contributed by atoms with van der Waals surface area (Å²) in [6, 6.07) is 0.759. The first-order chi connectivity index (χ1) is 9.75. The van der Waals surface area contributed by atoms with Crippen LogP contribution in [0.1, 0.15) is 56.2 Å². The van der Waals surface area contributed by atoms with E-state index < -0.39 is 0 Å². The molecule has 1 saturated carbocycles. The molecule has 3 rings (SSSR count). The summed E-state index contributed by atoms with van der Waals surface area (Å²) in [5, 5.41) is 8.33. The average molecular weight is 276 g/mol. The van der Waals surface area contributed by atoms with Crippen LogP contribution in [0.25, 0.3) is 0 Å². The average Bonchev–Trinajstić information content (AvgIpc) is 3.14. The Balaban J connectivity index is 1.77. The van der Waals surface area contributed by atoms with E-state index in [2.05, 4.69) is 34.0 Å². The van der Waals surface area contributed by atoms with E-state index in [1.54, 1.807) is 0 Å². The van der Waals surface area contributed by atoms with Crippen molar-refractivity contribution in [2.45, 2.75) is 64.5 Å². The van der Waals surface area contributed by atoms with E-state index in [0.717, 1.165) is 12.6 Å². The Morgan fingerprint density at radius 1 is 1.10 bits per heavy atom. The third kappa shape index (κ3) is 3.17. The number of nitrogens with one attached hydrogen (secondary N) is 1. The largest absolute Gasteiger partial charge is 0.357 e. The quantitative estimate of drug-likeness (QED) is 0.918. The fourth-order valence-electron chi connectivity index (χ4n) is 3.29. The van der Waals surface area contributed by atoms with Crippen molar-refractivity contribution in [3.63, 3.8) is 0 Å². The zero-order valence-electron chi connectivity index (χ0n) is 13.0. The number of aryl methyl sites for hydroxylation is 2. The van der Waals surface area contributed by atoms with Crippen molar-refractivity contribution >= 4 is 5.82 Å². The summed E-state index contributed by atoms with van der Waals surface area (Å²) >= 11 is 0. The number of rotatable bonds is 4. The lowest BCUT2D eigenvalue weighted by Crippen LogP contribution is -2.30. The van der Waals surface area contributed by atoms with Gasteiger partial charge in [0.1, 0.15) is 5.82 Å². The second kappa shape index (κ2) is 6.17. The molecule has 2 fully saturated rings. The van der Waals surface area contributed by atoms with Crippen molar-refractivity contribution in [2.24, 2.45) is 7.05 Å². The minimum atomic E-state index is 0.759. The van der Waals surface area contributed by atoms with Crippen LogP contribution in [0.4, 0.5) is 5.82 Å². The van der Waals surface area contributed by atoms with E-state index >= 15 is 0 Å². The minimum Gasteiger partial charge on any atom is -0.357 e. The molecule has 2 aliphatic rings. The predicted molar refractivity (Wildman–Crippen MR) is 83.1 cm³/mol. The molecular weight excluding hydrogens is 248 g/mol. The Kier molecular flexibility index (Phi) is 4.29. The fourth-order valence-corrected chi connectivity index (χ4v) is 3.29. The van der Waals surface area contributed by atoms with Crippen LogP contribution in [-0.2, 0) is 13.6 Å². The summed E-state index contributed by atoms with van der Waals surface area (Å²) in [6.07, 6.45) is 9.50. The molecule has 0 radical (unpaired) electrons. The SMILES string of the molecule is Cc1nn(C)c(N2CCCCCCC2)c1CNC1CC1. The molecule has 1 aliphatic heterocycles. The van der Waals surface area contributed by atoms with E-state index in [-0.39, 0.29) is 0 Å². The standard InChI is InChI=1S/C16H28N4/c1-13-15(12-17-14-8-9-14)16(19(2)18-13)20-10-6-4-3-5-7-11-20/h14,17H,3-12H2,1-2H3. The van der Waals surface area contributed by atoms with Gasteiger partial charge in [0.25, 0.3) is 0 Å². The van der Waals surface area contributed by atoms with Crippen molar-refractivity contribution in [1.82, 2.24) is 15.1 Å². The van der Waals surface area contributed by atoms with Gasteiger partial charge in [-0.15, -0.1) is 0 Å². The molecule has 1 aromatic heterocycles. The van der Waals surface area contributed by atoms with Gasteiger partial charge in [-0.25, -0.2) is 0 Å². The Morgan fingerprint density at radius 3 is 2.40 bits per heavy atom. The monoisotopic (exact) mass is 276 g/mol. The molecule has 112 valence electrons. The molecule has 0 bridgehead atoms. The summed E-state index contributed by atoms with van der Waals surface area (Å²) in [5.74, 6) is 1.36. The van der Waals surface area contributed by atoms with Crippen LogP contribution in [0, 0.1) is 6.92 Å². The summed E-state index contributed by atoms with van der Waals surface area (Å²) in [4.78, 5) is 2.57. The van der Waals surface area contributed by atoms with Crippen molar-refractivity contribution < 1.29 is 0 Å². The number of anilines is 1. The molecule has 4 heteroatoms. The highest BCUT2D eigenvalue weighted by Gasteiger charge is 2.24. The number of nitrogens with zero attached hydrogens (tertiary/aromatic N) is 3. The lowest BCUT2D eigenvalue weighted by atomic mass is 10.1. The Hall–Kier alpha value is -1.03. The van der Waals surface area contributed by atoms with Crippen LogP contribution in [0.2, 0.25) is 0 Å². The lowest BCUT2D eigenvalue weighted by Gasteiger charge is -2.28. The van der Waals surface area contributed by atoms with Gasteiger partial charge < -0.3 is 10.2 Å². The summed E-state index contributed by atoms with van der Waals surface area (Å²) < 4.78 is 2.10. The maximum Gasteiger partial charge on any atom is 0.131 e. The molecule has 1 aliphatic carbocycles. The molecule has 1 N–H and O–H groups in total. The molecule has 4 nitrogen and oxygen atoms in total. The second-order valence-corrected chi connectivity index (χ2v) is 6.42. The van der Waals surface area contributed by atoms with E-state index in [1.165, 1.54) is 75.1 Å². The predicted octanol–water partition coefficient (Wildman–Crippen LogP) is 2.75. The molecular formula is C16H28N4. The van der Waals surface area contributed by atoms with Gasteiger partial charge >= 0.3 is 0 Å². The first-order valence-corrected chi connectivity index (χ1v) is 8.26. The number of hydrogen-bond donors (Lipinski definition) is 1. The Bertz CT molecular complexity index is 440. The van der Waals surface area contributed by atoms with Crippen LogP contribution < -0.4 is 10.2 Å². The normalized spacial score (nSPS) is 20.8. The first-order valence-electron chi connectivity index (χ1n) is 8.26. The van der Waals surface area contributed by atoms with Gasteiger partial charge in [-0.1, -0.05) is 19.3 Å². The maximum atomic E-state index is 4.67. The van der Waals surface area contributed by atoms with Gasteiger partial charge in [0.2, 0.25) is 0 Å². The Morgan fingerprint density at radius 2 is 1.75 bits per heavy atom. The first kappa shape index (κ1) is 13.9. The highest BCUT2D eigenvalue weighted by Crippen LogP contribution is 2.27. The highest BCUT2D eigenvalue weighted by atomic mass is 15.4. The van der Waals surface area contributed by atoms with Crippen molar-refractivity contribution in [3.05, 3.63) is 11.3 Å². The summed E-state index contributed by atoms with van der Waals surface area (Å²) in [6.45, 7) is 5.51. The third-order valence-electron chi connectivity index (χ3n) is 4.61. The van der Waals surface area contributed by atoms with Crippen molar-refractivity contribution in [1.29, 1.82) is 0 Å². The van der Waals surface area contributed by atoms with Crippen molar-refractivity contribution in [2.75, 3.05) is 18.0 Å². The van der Waals surface area contributed by atoms with Crippen LogP contribution in [0.5, 0.6) is 0 Å². The lowest BCUT2D eigenvalue weighted by molar-refractivity contribution is 0.544. The third-order valence-corrected chi connectivity index (χ3v) is 4.61. The smallest absolute Gasteiger partial charge is 0.131 e. The van der Waals surface area contributed by atoms with Gasteiger partial charge in [0.05, 0.1) is 5.69 Å². The second-order valence-electron chi connectivity index (χ2n) is 6.42. The number of aromatic nitrogens is 2. The van der Waals surface area contributed by atoms with E-state index in [4.69, 9.17) is 0 Å². The van der Waals surface area contributed by atoms with Gasteiger partial charge in [-0.05, 0) is 32.6 Å². The molecule has 1 saturated heterocycles. The number of hydrogen-bond acceptors (Lipinski definition) is 3. The Labute approximate surface area is 122 Å². The zero-order valence-corrected chi connectivity index (χ0v) is 13.0. The van der Waals surface area contributed by atoms with Gasteiger partial charge in [0, 0.05) is 38.3 Å². The van der Waals surface area contributed by atoms with Crippen LogP contribution in [0.15, 0.2) is 0 Å². The molecule has 0 aromatic carbocycles. The highest BCUT2D eigenvalue weighted by molar-refractivity contribution is 5.50. The van der Waals surface area contributed by atoms with Gasteiger partial charge in [-0.3, -0.25) is 4.68 Å². The molecule has 0 amide bonds. The zero-order chi connectivity index (χ0) is 13.9. The van der Waals surface area contributed by atoms with Crippen molar-refractivity contribution in [3.8, 4) is 0 Å². The van der Waals surface area contributed by atoms with Crippen LogP contribution in [0.3, 0.4) is 0 Å². The summed E-state index contributed by atoms with van der Waals surface area (Å²) in [7, 11) is 2.10. The minimum absolute atomic E-state index is 0.759. The molecule has 0 atom stereocenters. The van der Waals surface area contributed by atoms with Gasteiger partial charge in [0.15, 0.2) is 0 Å². The van der Waals surface area contributed by atoms with Gasteiger partial charge in [-0.2, -0.15) is 5.10 Å². The fraction of sp³-hybridized carbons (Fsp3) is 0.812. The molecule has 20 heavy (non-hydrogen) atoms. The van der Waals surface area contributed by atoms with E-state index in [0.29, 0.717) is 0 Å². The van der Waals surface area contributed by atoms with E-state index in [1.807, 2.05) is 0 Å².